The van der Waals surface area contributed by atoms with Gasteiger partial charge >= 0.3 is 5.97 Å². The van der Waals surface area contributed by atoms with Crippen LogP contribution < -0.4 is 10.6 Å². The molecule has 1 aromatic carbocycles. The van der Waals surface area contributed by atoms with Crippen LogP contribution in [0, 0.1) is 0 Å². The maximum absolute atomic E-state index is 12.0. The lowest BCUT2D eigenvalue weighted by Gasteiger charge is -2.10. The Balaban J connectivity index is 1.98. The van der Waals surface area contributed by atoms with E-state index >= 15 is 0 Å². The summed E-state index contributed by atoms with van der Waals surface area (Å²) >= 11 is 0. The summed E-state index contributed by atoms with van der Waals surface area (Å²) in [7, 11) is 5.29. The number of aromatic nitrogens is 2. The molecule has 138 valence electrons. The van der Waals surface area contributed by atoms with Crippen molar-refractivity contribution in [3.05, 3.63) is 47.7 Å². The summed E-state index contributed by atoms with van der Waals surface area (Å²) in [6.45, 7) is 1.47. The molecule has 1 amide bonds. The highest BCUT2D eigenvalue weighted by atomic mass is 16.5. The van der Waals surface area contributed by atoms with Crippen LogP contribution in [0.25, 0.3) is 0 Å². The van der Waals surface area contributed by atoms with Gasteiger partial charge in [-0.3, -0.25) is 4.79 Å². The van der Waals surface area contributed by atoms with E-state index in [0.717, 1.165) is 13.0 Å². The van der Waals surface area contributed by atoms with Crippen LogP contribution in [-0.2, 0) is 4.74 Å². The molecule has 0 bridgehead atoms. The number of amides is 1. The summed E-state index contributed by atoms with van der Waals surface area (Å²) < 4.78 is 4.76. The van der Waals surface area contributed by atoms with E-state index in [9.17, 15) is 9.59 Å². The second kappa shape index (κ2) is 9.47. The van der Waals surface area contributed by atoms with Crippen molar-refractivity contribution < 1.29 is 14.3 Å². The Morgan fingerprint density at radius 3 is 2.54 bits per heavy atom. The summed E-state index contributed by atoms with van der Waals surface area (Å²) in [5.74, 6) is -0.293. The second-order valence-corrected chi connectivity index (χ2v) is 5.88. The molecule has 0 radical (unpaired) electrons. The first-order valence-electron chi connectivity index (χ1n) is 8.22. The highest BCUT2D eigenvalue weighted by molar-refractivity contribution is 5.96. The third kappa shape index (κ3) is 5.52. The molecule has 0 atom stereocenters. The zero-order valence-electron chi connectivity index (χ0n) is 15.2. The standard InChI is InChI=1S/C18H23N5O3/c1-23(2)12-6-11-19-17(24)15-9-10-16(22-21-15)20-14-8-5-4-7-13(14)18(25)26-3/h4-5,7-10H,6,11-12H2,1-3H3,(H,19,24)(H,20,22). The fourth-order valence-electron chi connectivity index (χ4n) is 2.23. The first-order valence-corrected chi connectivity index (χ1v) is 8.22. The van der Waals surface area contributed by atoms with Crippen molar-refractivity contribution in [2.75, 3.05) is 39.6 Å². The predicted octanol–water partition coefficient (Wildman–Crippen LogP) is 1.69. The van der Waals surface area contributed by atoms with Crippen LogP contribution in [0.4, 0.5) is 11.5 Å². The number of esters is 1. The van der Waals surface area contributed by atoms with Gasteiger partial charge in [-0.1, -0.05) is 12.1 Å². The first kappa shape index (κ1) is 19.3. The Labute approximate surface area is 152 Å². The zero-order valence-corrected chi connectivity index (χ0v) is 15.2. The van der Waals surface area contributed by atoms with Crippen molar-refractivity contribution >= 4 is 23.4 Å². The summed E-state index contributed by atoms with van der Waals surface area (Å²) in [6, 6.07) is 10.1. The Morgan fingerprint density at radius 2 is 1.88 bits per heavy atom. The number of hydrogen-bond donors (Lipinski definition) is 2. The van der Waals surface area contributed by atoms with Gasteiger partial charge in [-0.2, -0.15) is 0 Å². The molecule has 1 heterocycles. The van der Waals surface area contributed by atoms with Gasteiger partial charge < -0.3 is 20.3 Å². The van der Waals surface area contributed by atoms with E-state index in [1.807, 2.05) is 14.1 Å². The monoisotopic (exact) mass is 357 g/mol. The molecule has 26 heavy (non-hydrogen) atoms. The summed E-state index contributed by atoms with van der Waals surface area (Å²) in [6.07, 6.45) is 0.857. The summed E-state index contributed by atoms with van der Waals surface area (Å²) in [5, 5.41) is 13.7. The number of rotatable bonds is 8. The number of ether oxygens (including phenoxy) is 1. The normalized spacial score (nSPS) is 10.5. The molecule has 2 N–H and O–H groups in total. The minimum Gasteiger partial charge on any atom is -0.465 e. The second-order valence-electron chi connectivity index (χ2n) is 5.88. The smallest absolute Gasteiger partial charge is 0.339 e. The number of anilines is 2. The van der Waals surface area contributed by atoms with E-state index in [4.69, 9.17) is 4.74 Å². The first-order chi connectivity index (χ1) is 12.5. The number of nitrogens with one attached hydrogen (secondary N) is 2. The fraction of sp³-hybridized carbons (Fsp3) is 0.333. The minimum atomic E-state index is -0.449. The van der Waals surface area contributed by atoms with Gasteiger partial charge in [-0.15, -0.1) is 10.2 Å². The topological polar surface area (TPSA) is 96.4 Å². The van der Waals surface area contributed by atoms with Gasteiger partial charge in [0.1, 0.15) is 0 Å². The molecular formula is C18H23N5O3. The average Bonchev–Trinajstić information content (AvgIpc) is 2.65. The Morgan fingerprint density at radius 1 is 1.12 bits per heavy atom. The van der Waals surface area contributed by atoms with Crippen LogP contribution in [0.1, 0.15) is 27.3 Å². The number of benzene rings is 1. The Bertz CT molecular complexity index is 747. The molecule has 0 aliphatic rings. The molecule has 8 nitrogen and oxygen atoms in total. The van der Waals surface area contributed by atoms with Crippen LogP contribution in [0.3, 0.4) is 0 Å². The molecular weight excluding hydrogens is 334 g/mol. The Kier molecular flexibility index (Phi) is 7.04. The van der Waals surface area contributed by atoms with Crippen LogP contribution in [0.5, 0.6) is 0 Å². The van der Waals surface area contributed by atoms with E-state index in [1.165, 1.54) is 7.11 Å². The van der Waals surface area contributed by atoms with Crippen LogP contribution in [-0.4, -0.2) is 61.3 Å². The number of methoxy groups -OCH3 is 1. The van der Waals surface area contributed by atoms with E-state index < -0.39 is 5.97 Å². The van der Waals surface area contributed by atoms with Gasteiger partial charge in [0.05, 0.1) is 18.4 Å². The van der Waals surface area contributed by atoms with E-state index in [0.29, 0.717) is 23.6 Å². The molecule has 0 saturated carbocycles. The van der Waals surface area contributed by atoms with Crippen LogP contribution in [0.15, 0.2) is 36.4 Å². The predicted molar refractivity (Wildman–Crippen MR) is 98.6 cm³/mol. The molecule has 1 aromatic heterocycles. The quantitative estimate of drug-likeness (QED) is 0.548. The average molecular weight is 357 g/mol. The van der Waals surface area contributed by atoms with Crippen LogP contribution in [0.2, 0.25) is 0 Å². The maximum Gasteiger partial charge on any atom is 0.339 e. The van der Waals surface area contributed by atoms with Crippen molar-refractivity contribution in [1.82, 2.24) is 20.4 Å². The highest BCUT2D eigenvalue weighted by Gasteiger charge is 2.12. The van der Waals surface area contributed by atoms with Crippen LogP contribution >= 0.6 is 0 Å². The third-order valence-electron chi connectivity index (χ3n) is 3.56. The van der Waals surface area contributed by atoms with Crippen molar-refractivity contribution in [2.24, 2.45) is 0 Å². The molecule has 2 aromatic rings. The van der Waals surface area contributed by atoms with Gasteiger partial charge in [-0.05, 0) is 51.3 Å². The van der Waals surface area contributed by atoms with Gasteiger partial charge in [0.25, 0.3) is 5.91 Å². The molecule has 0 aliphatic carbocycles. The molecule has 8 heteroatoms. The largest absolute Gasteiger partial charge is 0.465 e. The molecule has 0 aliphatic heterocycles. The van der Waals surface area contributed by atoms with E-state index in [2.05, 4.69) is 25.7 Å². The van der Waals surface area contributed by atoms with Crippen molar-refractivity contribution in [3.8, 4) is 0 Å². The number of para-hydroxylation sites is 1. The third-order valence-corrected chi connectivity index (χ3v) is 3.56. The fourth-order valence-corrected chi connectivity index (χ4v) is 2.23. The molecule has 2 rings (SSSR count). The van der Waals surface area contributed by atoms with Gasteiger partial charge in [0.2, 0.25) is 0 Å². The lowest BCUT2D eigenvalue weighted by Crippen LogP contribution is -2.28. The van der Waals surface area contributed by atoms with E-state index in [-0.39, 0.29) is 11.6 Å². The van der Waals surface area contributed by atoms with E-state index in [1.54, 1.807) is 36.4 Å². The molecule has 0 saturated heterocycles. The number of carbonyl (C=O) groups is 2. The van der Waals surface area contributed by atoms with Gasteiger partial charge in [0.15, 0.2) is 11.5 Å². The number of nitrogens with zero attached hydrogens (tertiary/aromatic N) is 3. The maximum atomic E-state index is 12.0. The SMILES string of the molecule is COC(=O)c1ccccc1Nc1ccc(C(=O)NCCCN(C)C)nn1. The molecule has 0 spiro atoms. The number of carbonyl (C=O) groups excluding carboxylic acids is 2. The lowest BCUT2D eigenvalue weighted by molar-refractivity contribution is 0.0601. The van der Waals surface area contributed by atoms with Crippen molar-refractivity contribution in [2.45, 2.75) is 6.42 Å². The number of hydrogen-bond acceptors (Lipinski definition) is 7. The minimum absolute atomic E-state index is 0.238. The van der Waals surface area contributed by atoms with Gasteiger partial charge in [-0.25, -0.2) is 4.79 Å². The highest BCUT2D eigenvalue weighted by Crippen LogP contribution is 2.20. The summed E-state index contributed by atoms with van der Waals surface area (Å²) in [4.78, 5) is 25.9. The van der Waals surface area contributed by atoms with Crippen molar-refractivity contribution in [1.29, 1.82) is 0 Å². The summed E-state index contributed by atoms with van der Waals surface area (Å²) in [5.41, 5.74) is 1.18. The molecule has 0 unspecified atom stereocenters. The van der Waals surface area contributed by atoms with Gasteiger partial charge in [0, 0.05) is 6.54 Å². The molecule has 0 fully saturated rings. The lowest BCUT2D eigenvalue weighted by atomic mass is 10.2. The zero-order chi connectivity index (χ0) is 18.9. The van der Waals surface area contributed by atoms with Crippen molar-refractivity contribution in [3.63, 3.8) is 0 Å². The Hall–Kier alpha value is -3.00.